The Hall–Kier alpha value is -3.68. The van der Waals surface area contributed by atoms with E-state index in [2.05, 4.69) is 10.6 Å². The van der Waals surface area contributed by atoms with Gasteiger partial charge in [-0.3, -0.25) is 14.4 Å². The molecule has 2 heterocycles. The number of carbonyl (C=O) groups excluding carboxylic acids is 3. The fourth-order valence-corrected chi connectivity index (χ4v) is 5.56. The minimum absolute atomic E-state index is 0.0867. The van der Waals surface area contributed by atoms with E-state index in [1.54, 1.807) is 22.5 Å². The van der Waals surface area contributed by atoms with Crippen molar-refractivity contribution in [2.75, 3.05) is 5.32 Å². The number of halogens is 1. The number of fused-ring (bicyclic) bond motifs is 3. The van der Waals surface area contributed by atoms with Crippen LogP contribution < -0.4 is 10.6 Å². The molecule has 36 heavy (non-hydrogen) atoms. The summed E-state index contributed by atoms with van der Waals surface area (Å²) < 4.78 is 16.0. The van der Waals surface area contributed by atoms with E-state index in [1.807, 2.05) is 30.3 Å². The Morgan fingerprint density at radius 1 is 1.08 bits per heavy atom. The van der Waals surface area contributed by atoms with E-state index >= 15 is 0 Å². The lowest BCUT2D eigenvalue weighted by Crippen LogP contribution is -2.64. The molecule has 1 aliphatic carbocycles. The van der Waals surface area contributed by atoms with Gasteiger partial charge in [-0.15, -0.1) is 0 Å². The van der Waals surface area contributed by atoms with E-state index in [0.29, 0.717) is 10.9 Å². The summed E-state index contributed by atoms with van der Waals surface area (Å²) in [6.07, 6.45) is 5.18. The molecule has 2 aromatic carbocycles. The number of hydrogen-bond acceptors (Lipinski definition) is 3. The molecule has 0 bridgehead atoms. The van der Waals surface area contributed by atoms with E-state index in [0.717, 1.165) is 31.2 Å². The Bertz CT molecular complexity index is 1330. The first-order chi connectivity index (χ1) is 17.3. The van der Waals surface area contributed by atoms with Crippen LogP contribution >= 0.6 is 0 Å². The SMILES string of the molecule is CC(=O)Nc1c2n(c3ccc(F)cc13)C[C@](C)(C(=O)NC1CCCCC1)N(Cc1ccccc1)C2=O. The summed E-state index contributed by atoms with van der Waals surface area (Å²) in [5.74, 6) is -1.41. The standard InChI is InChI=1S/C28H31FN4O3/c1-18(34)30-24-22-15-20(29)13-14-23(22)32-17-28(2,27(36)31-21-11-7-4-8-12-21)33(26(35)25(24)32)16-19-9-5-3-6-10-19/h3,5-6,9-10,13-15,21H,4,7-8,11-12,16-17H2,1-2H3,(H,30,34)(H,31,36)/t28-/m1/s1. The number of nitrogens with one attached hydrogen (secondary N) is 2. The molecule has 3 aromatic rings. The van der Waals surface area contributed by atoms with Crippen LogP contribution in [-0.2, 0) is 22.7 Å². The first-order valence-corrected chi connectivity index (χ1v) is 12.5. The quantitative estimate of drug-likeness (QED) is 0.548. The summed E-state index contributed by atoms with van der Waals surface area (Å²) in [4.78, 5) is 41.7. The molecule has 0 radical (unpaired) electrons. The first-order valence-electron chi connectivity index (χ1n) is 12.5. The predicted octanol–water partition coefficient (Wildman–Crippen LogP) is 4.60. The number of anilines is 1. The van der Waals surface area contributed by atoms with Gasteiger partial charge < -0.3 is 20.1 Å². The molecule has 7 nitrogen and oxygen atoms in total. The lowest BCUT2D eigenvalue weighted by molar-refractivity contribution is -0.134. The third kappa shape index (κ3) is 4.25. The molecule has 0 saturated heterocycles. The van der Waals surface area contributed by atoms with Crippen molar-refractivity contribution in [1.82, 2.24) is 14.8 Å². The zero-order valence-electron chi connectivity index (χ0n) is 20.6. The molecule has 1 fully saturated rings. The van der Waals surface area contributed by atoms with E-state index in [-0.39, 0.29) is 48.2 Å². The molecule has 3 amide bonds. The summed E-state index contributed by atoms with van der Waals surface area (Å²) in [6.45, 7) is 3.55. The summed E-state index contributed by atoms with van der Waals surface area (Å²) in [5, 5.41) is 6.40. The highest BCUT2D eigenvalue weighted by Crippen LogP contribution is 2.40. The molecule has 1 aromatic heterocycles. The Balaban J connectivity index is 1.64. The number of nitrogens with zero attached hydrogens (tertiary/aromatic N) is 2. The van der Waals surface area contributed by atoms with Gasteiger partial charge in [0, 0.05) is 24.9 Å². The predicted molar refractivity (Wildman–Crippen MR) is 136 cm³/mol. The number of amides is 3. The Morgan fingerprint density at radius 3 is 2.50 bits per heavy atom. The van der Waals surface area contributed by atoms with Crippen molar-refractivity contribution in [3.8, 4) is 0 Å². The van der Waals surface area contributed by atoms with Gasteiger partial charge in [0.1, 0.15) is 17.1 Å². The summed E-state index contributed by atoms with van der Waals surface area (Å²) >= 11 is 0. The maximum atomic E-state index is 14.2. The molecule has 1 aliphatic heterocycles. The van der Waals surface area contributed by atoms with Crippen LogP contribution in [0.3, 0.4) is 0 Å². The van der Waals surface area contributed by atoms with E-state index < -0.39 is 11.4 Å². The van der Waals surface area contributed by atoms with Gasteiger partial charge in [-0.2, -0.15) is 0 Å². The second-order valence-electron chi connectivity index (χ2n) is 10.1. The highest BCUT2D eigenvalue weighted by atomic mass is 19.1. The van der Waals surface area contributed by atoms with E-state index in [4.69, 9.17) is 0 Å². The fourth-order valence-electron chi connectivity index (χ4n) is 5.56. The Labute approximate surface area is 209 Å². The van der Waals surface area contributed by atoms with Gasteiger partial charge in [0.15, 0.2) is 0 Å². The van der Waals surface area contributed by atoms with Gasteiger partial charge in [-0.25, -0.2) is 4.39 Å². The van der Waals surface area contributed by atoms with Crippen molar-refractivity contribution in [1.29, 1.82) is 0 Å². The highest BCUT2D eigenvalue weighted by molar-refractivity contribution is 6.14. The monoisotopic (exact) mass is 490 g/mol. The minimum Gasteiger partial charge on any atom is -0.351 e. The van der Waals surface area contributed by atoms with Gasteiger partial charge >= 0.3 is 0 Å². The van der Waals surface area contributed by atoms with Crippen LogP contribution in [0.5, 0.6) is 0 Å². The van der Waals surface area contributed by atoms with Crippen LogP contribution in [0.25, 0.3) is 10.9 Å². The van der Waals surface area contributed by atoms with E-state index in [9.17, 15) is 18.8 Å². The summed E-state index contributed by atoms with van der Waals surface area (Å²) in [5.41, 5.74) is 0.823. The van der Waals surface area contributed by atoms with Crippen LogP contribution in [0.1, 0.15) is 62.0 Å². The molecule has 2 aliphatic rings. The topological polar surface area (TPSA) is 83.4 Å². The number of hydrogen-bond donors (Lipinski definition) is 2. The molecule has 1 saturated carbocycles. The van der Waals surface area contributed by atoms with Crippen molar-refractivity contribution in [2.24, 2.45) is 0 Å². The Morgan fingerprint density at radius 2 is 1.81 bits per heavy atom. The highest BCUT2D eigenvalue weighted by Gasteiger charge is 2.49. The van der Waals surface area contributed by atoms with Crippen molar-refractivity contribution >= 4 is 34.3 Å². The lowest BCUT2D eigenvalue weighted by atomic mass is 9.91. The molecule has 0 spiro atoms. The zero-order chi connectivity index (χ0) is 25.4. The van der Waals surface area contributed by atoms with Crippen LogP contribution in [-0.4, -0.2) is 38.8 Å². The van der Waals surface area contributed by atoms with Crippen molar-refractivity contribution < 1.29 is 18.8 Å². The molecule has 188 valence electrons. The third-order valence-corrected chi connectivity index (χ3v) is 7.45. The van der Waals surface area contributed by atoms with Gasteiger partial charge in [-0.05, 0) is 43.5 Å². The number of benzene rings is 2. The average Bonchev–Trinajstić information content (AvgIpc) is 3.14. The van der Waals surface area contributed by atoms with Crippen LogP contribution in [0, 0.1) is 5.82 Å². The Kier molecular flexibility index (Phi) is 6.28. The number of rotatable bonds is 5. The van der Waals surface area contributed by atoms with Crippen molar-refractivity contribution in [3.05, 3.63) is 65.6 Å². The van der Waals surface area contributed by atoms with Crippen molar-refractivity contribution in [3.63, 3.8) is 0 Å². The molecule has 1 atom stereocenters. The molecule has 5 rings (SSSR count). The molecule has 0 unspecified atom stereocenters. The zero-order valence-corrected chi connectivity index (χ0v) is 20.6. The summed E-state index contributed by atoms with van der Waals surface area (Å²) in [7, 11) is 0. The van der Waals surface area contributed by atoms with Crippen LogP contribution in [0.15, 0.2) is 48.5 Å². The van der Waals surface area contributed by atoms with Gasteiger partial charge in [0.05, 0.1) is 17.7 Å². The summed E-state index contributed by atoms with van der Waals surface area (Å²) in [6, 6.07) is 13.9. The average molecular weight is 491 g/mol. The fraction of sp³-hybridized carbons (Fsp3) is 0.393. The second-order valence-corrected chi connectivity index (χ2v) is 10.1. The largest absolute Gasteiger partial charge is 0.351 e. The molecule has 2 N–H and O–H groups in total. The van der Waals surface area contributed by atoms with Crippen LogP contribution in [0.2, 0.25) is 0 Å². The van der Waals surface area contributed by atoms with Gasteiger partial charge in [0.25, 0.3) is 5.91 Å². The smallest absolute Gasteiger partial charge is 0.273 e. The second kappa shape index (κ2) is 9.41. The minimum atomic E-state index is -1.19. The van der Waals surface area contributed by atoms with Crippen molar-refractivity contribution in [2.45, 2.75) is 70.6 Å². The first kappa shape index (κ1) is 24.0. The van der Waals surface area contributed by atoms with Crippen LogP contribution in [0.4, 0.5) is 10.1 Å². The molecule has 8 heteroatoms. The molecular formula is C28H31FN4O3. The van der Waals surface area contributed by atoms with Gasteiger partial charge in [-0.1, -0.05) is 49.6 Å². The van der Waals surface area contributed by atoms with Gasteiger partial charge in [0.2, 0.25) is 11.8 Å². The maximum Gasteiger partial charge on any atom is 0.273 e. The van der Waals surface area contributed by atoms with E-state index in [1.165, 1.54) is 25.5 Å². The maximum absolute atomic E-state index is 14.2. The number of aromatic nitrogens is 1. The number of carbonyl (C=O) groups is 3. The molecular weight excluding hydrogens is 459 g/mol. The third-order valence-electron chi connectivity index (χ3n) is 7.45. The normalized spacial score (nSPS) is 20.3. The lowest BCUT2D eigenvalue weighted by Gasteiger charge is -2.45.